The lowest BCUT2D eigenvalue weighted by Gasteiger charge is -2.11. The molecule has 2 aromatic carbocycles. The Labute approximate surface area is 120 Å². The summed E-state index contributed by atoms with van der Waals surface area (Å²) in [7, 11) is 3.37. The van der Waals surface area contributed by atoms with Gasteiger partial charge in [-0.1, -0.05) is 12.1 Å². The summed E-state index contributed by atoms with van der Waals surface area (Å²) in [6.07, 6.45) is 0.982. The molecule has 0 heterocycles. The highest BCUT2D eigenvalue weighted by molar-refractivity contribution is 5.53. The molecule has 0 spiro atoms. The van der Waals surface area contributed by atoms with Gasteiger partial charge in [-0.25, -0.2) is 0 Å². The molecule has 0 radical (unpaired) electrons. The average Bonchev–Trinajstić information content (AvgIpc) is 2.49. The molecule has 0 amide bonds. The highest BCUT2D eigenvalue weighted by Gasteiger charge is 2.00. The molecule has 0 bridgehead atoms. The van der Waals surface area contributed by atoms with Crippen molar-refractivity contribution in [3.8, 4) is 11.5 Å². The molecule has 1 N–H and O–H groups in total. The van der Waals surface area contributed by atoms with Crippen LogP contribution in [0.3, 0.4) is 0 Å². The molecule has 0 saturated carbocycles. The van der Waals surface area contributed by atoms with Gasteiger partial charge in [0.2, 0.25) is 0 Å². The second-order valence-corrected chi connectivity index (χ2v) is 4.71. The number of hydrogen-bond acceptors (Lipinski definition) is 3. The minimum atomic E-state index is 0.892. The van der Waals surface area contributed by atoms with E-state index >= 15 is 0 Å². The quantitative estimate of drug-likeness (QED) is 0.869. The van der Waals surface area contributed by atoms with Gasteiger partial charge in [-0.2, -0.15) is 0 Å². The van der Waals surface area contributed by atoms with Gasteiger partial charge in [-0.05, 0) is 54.8 Å². The second kappa shape index (κ2) is 6.85. The zero-order chi connectivity index (χ0) is 14.4. The van der Waals surface area contributed by atoms with E-state index in [0.29, 0.717) is 0 Å². The third kappa shape index (κ3) is 3.67. The SMILES string of the molecule is COc1ccc(CCNc2ccc(OC)cc2C)cc1. The van der Waals surface area contributed by atoms with Crippen LogP contribution in [0.1, 0.15) is 11.1 Å². The lowest BCUT2D eigenvalue weighted by Crippen LogP contribution is -2.06. The fourth-order valence-electron chi connectivity index (χ4n) is 2.10. The molecule has 3 nitrogen and oxygen atoms in total. The van der Waals surface area contributed by atoms with Crippen molar-refractivity contribution in [3.63, 3.8) is 0 Å². The first-order valence-corrected chi connectivity index (χ1v) is 6.74. The van der Waals surface area contributed by atoms with Crippen molar-refractivity contribution < 1.29 is 9.47 Å². The maximum Gasteiger partial charge on any atom is 0.119 e. The van der Waals surface area contributed by atoms with Crippen LogP contribution in [0.5, 0.6) is 11.5 Å². The molecule has 2 rings (SSSR count). The lowest BCUT2D eigenvalue weighted by molar-refractivity contribution is 0.414. The van der Waals surface area contributed by atoms with E-state index in [0.717, 1.165) is 30.2 Å². The summed E-state index contributed by atoms with van der Waals surface area (Å²) < 4.78 is 10.4. The maximum absolute atomic E-state index is 5.21. The van der Waals surface area contributed by atoms with Crippen LogP contribution in [0.15, 0.2) is 42.5 Å². The first kappa shape index (κ1) is 14.3. The minimum Gasteiger partial charge on any atom is -0.497 e. The summed E-state index contributed by atoms with van der Waals surface area (Å²) in [6.45, 7) is 2.98. The molecular weight excluding hydrogens is 250 g/mol. The molecule has 106 valence electrons. The van der Waals surface area contributed by atoms with E-state index in [-0.39, 0.29) is 0 Å². The molecule has 2 aromatic rings. The summed E-state index contributed by atoms with van der Waals surface area (Å²) >= 11 is 0. The van der Waals surface area contributed by atoms with E-state index in [1.807, 2.05) is 24.3 Å². The number of rotatable bonds is 6. The Hall–Kier alpha value is -2.16. The third-order valence-electron chi connectivity index (χ3n) is 3.32. The van der Waals surface area contributed by atoms with Crippen LogP contribution in [0.25, 0.3) is 0 Å². The van der Waals surface area contributed by atoms with Gasteiger partial charge in [0.1, 0.15) is 11.5 Å². The Bertz CT molecular complexity index is 549. The topological polar surface area (TPSA) is 30.5 Å². The summed E-state index contributed by atoms with van der Waals surface area (Å²) in [5.41, 5.74) is 3.64. The number of methoxy groups -OCH3 is 2. The Kier molecular flexibility index (Phi) is 4.88. The number of ether oxygens (including phenoxy) is 2. The van der Waals surface area contributed by atoms with Crippen molar-refractivity contribution in [3.05, 3.63) is 53.6 Å². The average molecular weight is 271 g/mol. The Balaban J connectivity index is 1.88. The Morgan fingerprint density at radius 2 is 1.55 bits per heavy atom. The van der Waals surface area contributed by atoms with Crippen molar-refractivity contribution in [2.75, 3.05) is 26.1 Å². The van der Waals surface area contributed by atoms with Gasteiger partial charge in [0, 0.05) is 12.2 Å². The van der Waals surface area contributed by atoms with Gasteiger partial charge in [-0.3, -0.25) is 0 Å². The van der Waals surface area contributed by atoms with Crippen LogP contribution >= 0.6 is 0 Å². The van der Waals surface area contributed by atoms with Crippen LogP contribution in [0, 0.1) is 6.92 Å². The molecular formula is C17H21NO2. The molecule has 0 aliphatic heterocycles. The van der Waals surface area contributed by atoms with E-state index in [4.69, 9.17) is 9.47 Å². The highest BCUT2D eigenvalue weighted by Crippen LogP contribution is 2.21. The molecule has 0 unspecified atom stereocenters. The molecule has 0 atom stereocenters. The normalized spacial score (nSPS) is 10.2. The van der Waals surface area contributed by atoms with Crippen molar-refractivity contribution in [2.24, 2.45) is 0 Å². The molecule has 0 fully saturated rings. The fraction of sp³-hybridized carbons (Fsp3) is 0.294. The molecule has 3 heteroatoms. The zero-order valence-electron chi connectivity index (χ0n) is 12.3. The van der Waals surface area contributed by atoms with Gasteiger partial charge < -0.3 is 14.8 Å². The second-order valence-electron chi connectivity index (χ2n) is 4.71. The third-order valence-corrected chi connectivity index (χ3v) is 3.32. The summed E-state index contributed by atoms with van der Waals surface area (Å²) in [5.74, 6) is 1.79. The number of benzene rings is 2. The van der Waals surface area contributed by atoms with Crippen molar-refractivity contribution in [1.29, 1.82) is 0 Å². The van der Waals surface area contributed by atoms with Crippen LogP contribution in [-0.4, -0.2) is 20.8 Å². The molecule has 0 saturated heterocycles. The van der Waals surface area contributed by atoms with Gasteiger partial charge in [0.05, 0.1) is 14.2 Å². The first-order chi connectivity index (χ1) is 9.72. The summed E-state index contributed by atoms with van der Waals surface area (Å²) in [4.78, 5) is 0. The first-order valence-electron chi connectivity index (χ1n) is 6.74. The predicted molar refractivity (Wildman–Crippen MR) is 82.9 cm³/mol. The number of hydrogen-bond donors (Lipinski definition) is 1. The summed E-state index contributed by atoms with van der Waals surface area (Å²) in [5, 5.41) is 3.45. The van der Waals surface area contributed by atoms with Gasteiger partial charge in [-0.15, -0.1) is 0 Å². The van der Waals surface area contributed by atoms with Crippen molar-refractivity contribution in [2.45, 2.75) is 13.3 Å². The molecule has 0 aliphatic carbocycles. The molecule has 0 aromatic heterocycles. The summed E-state index contributed by atoms with van der Waals surface area (Å²) in [6, 6.07) is 14.3. The van der Waals surface area contributed by atoms with Crippen LogP contribution in [0.4, 0.5) is 5.69 Å². The Morgan fingerprint density at radius 3 is 2.15 bits per heavy atom. The molecule has 20 heavy (non-hydrogen) atoms. The van der Waals surface area contributed by atoms with Crippen molar-refractivity contribution >= 4 is 5.69 Å². The number of anilines is 1. The van der Waals surface area contributed by atoms with Crippen LogP contribution in [0.2, 0.25) is 0 Å². The number of aryl methyl sites for hydroxylation is 1. The largest absolute Gasteiger partial charge is 0.497 e. The minimum absolute atomic E-state index is 0.892. The highest BCUT2D eigenvalue weighted by atomic mass is 16.5. The van der Waals surface area contributed by atoms with E-state index in [1.54, 1.807) is 14.2 Å². The van der Waals surface area contributed by atoms with Gasteiger partial charge in [0.25, 0.3) is 0 Å². The van der Waals surface area contributed by atoms with Gasteiger partial charge in [0.15, 0.2) is 0 Å². The van der Waals surface area contributed by atoms with Gasteiger partial charge >= 0.3 is 0 Å². The van der Waals surface area contributed by atoms with Crippen LogP contribution in [-0.2, 0) is 6.42 Å². The number of nitrogens with one attached hydrogen (secondary N) is 1. The monoisotopic (exact) mass is 271 g/mol. The standard InChI is InChI=1S/C17H21NO2/c1-13-12-16(20-3)8-9-17(13)18-11-10-14-4-6-15(19-2)7-5-14/h4-9,12,18H,10-11H2,1-3H3. The fourth-order valence-corrected chi connectivity index (χ4v) is 2.10. The van der Waals surface area contributed by atoms with Crippen molar-refractivity contribution in [1.82, 2.24) is 0 Å². The Morgan fingerprint density at radius 1 is 0.900 bits per heavy atom. The van der Waals surface area contributed by atoms with E-state index in [9.17, 15) is 0 Å². The van der Waals surface area contributed by atoms with E-state index in [2.05, 4.69) is 30.4 Å². The zero-order valence-corrected chi connectivity index (χ0v) is 12.3. The predicted octanol–water partition coefficient (Wildman–Crippen LogP) is 3.67. The molecule has 0 aliphatic rings. The van der Waals surface area contributed by atoms with E-state index in [1.165, 1.54) is 11.1 Å². The van der Waals surface area contributed by atoms with E-state index < -0.39 is 0 Å². The van der Waals surface area contributed by atoms with Crippen LogP contribution < -0.4 is 14.8 Å². The lowest BCUT2D eigenvalue weighted by atomic mass is 10.1. The maximum atomic E-state index is 5.21. The smallest absolute Gasteiger partial charge is 0.119 e.